The number of hydrogen-bond donors (Lipinski definition) is 1. The molecular weight excluding hydrogens is 244 g/mol. The van der Waals surface area contributed by atoms with Crippen LogP contribution in [0.3, 0.4) is 0 Å². The van der Waals surface area contributed by atoms with E-state index in [9.17, 15) is 9.59 Å². The molecule has 1 aromatic heterocycles. The maximum Gasteiger partial charge on any atom is 0.346 e. The number of hydrogen-bond acceptors (Lipinski definition) is 4. The van der Waals surface area contributed by atoms with Crippen LogP contribution in [-0.2, 0) is 14.1 Å². The molecule has 0 saturated heterocycles. The minimum Gasteiger partial charge on any atom is -0.364 e. The number of anilines is 1. The van der Waals surface area contributed by atoms with E-state index in [2.05, 4.69) is 38.1 Å². The van der Waals surface area contributed by atoms with Gasteiger partial charge in [0.1, 0.15) is 0 Å². The topological polar surface area (TPSA) is 68.9 Å². The molecule has 6 nitrogen and oxygen atoms in total. The fourth-order valence-corrected chi connectivity index (χ4v) is 2.27. The van der Waals surface area contributed by atoms with Crippen molar-refractivity contribution in [1.29, 1.82) is 0 Å². The Hall–Kier alpha value is -1.59. The van der Waals surface area contributed by atoms with E-state index in [-0.39, 0.29) is 11.4 Å². The summed E-state index contributed by atoms with van der Waals surface area (Å²) in [7, 11) is 3.00. The molecule has 0 atom stereocenters. The van der Waals surface area contributed by atoms with Gasteiger partial charge in [0.05, 0.1) is 0 Å². The first kappa shape index (κ1) is 15.5. The molecule has 108 valence electrons. The molecule has 0 spiro atoms. The molecule has 0 aromatic carbocycles. The Kier molecular flexibility index (Phi) is 4.91. The number of rotatable bonds is 5. The van der Waals surface area contributed by atoms with Crippen molar-refractivity contribution >= 4 is 5.82 Å². The Morgan fingerprint density at radius 2 is 1.63 bits per heavy atom. The van der Waals surface area contributed by atoms with E-state index in [0.29, 0.717) is 24.3 Å². The lowest BCUT2D eigenvalue weighted by Gasteiger charge is -2.25. The summed E-state index contributed by atoms with van der Waals surface area (Å²) < 4.78 is 2.23. The fourth-order valence-electron chi connectivity index (χ4n) is 2.27. The minimum absolute atomic E-state index is 0.232. The lowest BCUT2D eigenvalue weighted by molar-refractivity contribution is 0.304. The van der Waals surface area contributed by atoms with Gasteiger partial charge in [0.2, 0.25) is 5.82 Å². The van der Waals surface area contributed by atoms with Crippen LogP contribution in [0.15, 0.2) is 9.59 Å². The Morgan fingerprint density at radius 1 is 1.11 bits per heavy atom. The third kappa shape index (κ3) is 3.45. The van der Waals surface area contributed by atoms with Crippen molar-refractivity contribution in [2.24, 2.45) is 31.8 Å². The summed E-state index contributed by atoms with van der Waals surface area (Å²) in [5.41, 5.74) is -0.797. The van der Waals surface area contributed by atoms with Crippen LogP contribution in [0.5, 0.6) is 0 Å². The first-order valence-corrected chi connectivity index (χ1v) is 6.63. The van der Waals surface area contributed by atoms with Crippen LogP contribution in [0, 0.1) is 17.8 Å². The molecule has 19 heavy (non-hydrogen) atoms. The van der Waals surface area contributed by atoms with Gasteiger partial charge < -0.3 is 5.32 Å². The van der Waals surface area contributed by atoms with Crippen LogP contribution in [-0.4, -0.2) is 20.9 Å². The number of aryl methyl sites for hydroxylation is 1. The predicted octanol–water partition coefficient (Wildman–Crippen LogP) is 0.819. The summed E-state index contributed by atoms with van der Waals surface area (Å²) in [6, 6.07) is 0. The van der Waals surface area contributed by atoms with E-state index in [1.165, 1.54) is 18.8 Å². The monoisotopic (exact) mass is 268 g/mol. The van der Waals surface area contributed by atoms with Crippen molar-refractivity contribution in [3.05, 3.63) is 20.8 Å². The number of aromatic nitrogens is 3. The van der Waals surface area contributed by atoms with Crippen molar-refractivity contribution in [2.45, 2.75) is 27.7 Å². The van der Waals surface area contributed by atoms with Gasteiger partial charge in [-0.3, -0.25) is 9.36 Å². The van der Waals surface area contributed by atoms with Crippen molar-refractivity contribution in [1.82, 2.24) is 14.3 Å². The zero-order valence-corrected chi connectivity index (χ0v) is 12.6. The van der Waals surface area contributed by atoms with Gasteiger partial charge in [-0.05, 0) is 17.8 Å². The highest BCUT2D eigenvalue weighted by molar-refractivity contribution is 5.29. The molecule has 6 heteroatoms. The van der Waals surface area contributed by atoms with E-state index in [4.69, 9.17) is 0 Å². The van der Waals surface area contributed by atoms with Gasteiger partial charge in [0, 0.05) is 20.6 Å². The largest absolute Gasteiger partial charge is 0.364 e. The van der Waals surface area contributed by atoms with Crippen LogP contribution in [0.4, 0.5) is 5.82 Å². The Bertz CT molecular complexity index is 535. The van der Waals surface area contributed by atoms with Crippen molar-refractivity contribution in [3.63, 3.8) is 0 Å². The maximum atomic E-state index is 11.9. The molecule has 1 aromatic rings. The second kappa shape index (κ2) is 6.04. The molecule has 0 unspecified atom stereocenters. The lowest BCUT2D eigenvalue weighted by Crippen LogP contribution is -2.40. The van der Waals surface area contributed by atoms with Gasteiger partial charge >= 0.3 is 5.69 Å². The third-order valence-corrected chi connectivity index (χ3v) is 3.54. The van der Waals surface area contributed by atoms with E-state index >= 15 is 0 Å². The van der Waals surface area contributed by atoms with Gasteiger partial charge in [-0.25, -0.2) is 9.48 Å². The summed E-state index contributed by atoms with van der Waals surface area (Å²) in [5.74, 6) is 1.72. The van der Waals surface area contributed by atoms with Gasteiger partial charge in [0.25, 0.3) is 5.56 Å². The quantitative estimate of drug-likeness (QED) is 0.858. The molecule has 0 aliphatic carbocycles. The predicted molar refractivity (Wildman–Crippen MR) is 76.4 cm³/mol. The molecule has 0 bridgehead atoms. The molecule has 0 saturated carbocycles. The van der Waals surface area contributed by atoms with Crippen LogP contribution in [0.2, 0.25) is 0 Å². The third-order valence-electron chi connectivity index (χ3n) is 3.54. The highest BCUT2D eigenvalue weighted by Crippen LogP contribution is 2.20. The Labute approximate surface area is 113 Å². The number of nitrogens with zero attached hydrogens (tertiary/aromatic N) is 3. The van der Waals surface area contributed by atoms with E-state index < -0.39 is 5.69 Å². The summed E-state index contributed by atoms with van der Waals surface area (Å²) in [4.78, 5) is 23.5. The molecule has 1 N–H and O–H groups in total. The summed E-state index contributed by atoms with van der Waals surface area (Å²) in [5, 5.41) is 7.06. The molecule has 0 fully saturated rings. The SMILES string of the molecule is CC(C)C(CNc1nn(C)c(=O)n(C)c1=O)C(C)C. The number of nitrogens with one attached hydrogen (secondary N) is 1. The average molecular weight is 268 g/mol. The van der Waals surface area contributed by atoms with Crippen molar-refractivity contribution in [3.8, 4) is 0 Å². The van der Waals surface area contributed by atoms with Crippen LogP contribution < -0.4 is 16.6 Å². The van der Waals surface area contributed by atoms with E-state index in [1.807, 2.05) is 0 Å². The summed E-state index contributed by atoms with van der Waals surface area (Å²) in [6.45, 7) is 9.34. The fraction of sp³-hybridized carbons (Fsp3) is 0.769. The summed E-state index contributed by atoms with van der Waals surface area (Å²) >= 11 is 0. The summed E-state index contributed by atoms with van der Waals surface area (Å²) in [6.07, 6.45) is 0. The van der Waals surface area contributed by atoms with Crippen molar-refractivity contribution < 1.29 is 0 Å². The Morgan fingerprint density at radius 3 is 2.11 bits per heavy atom. The normalized spacial score (nSPS) is 11.6. The van der Waals surface area contributed by atoms with Gasteiger partial charge in [-0.15, -0.1) is 5.10 Å². The lowest BCUT2D eigenvalue weighted by atomic mass is 9.85. The standard InChI is InChI=1S/C13H24N4O2/c1-8(2)10(9(3)4)7-14-11-12(18)16(5)13(19)17(6)15-11/h8-10H,7H2,1-6H3,(H,14,15). The zero-order valence-electron chi connectivity index (χ0n) is 12.6. The van der Waals surface area contributed by atoms with Gasteiger partial charge in [-0.1, -0.05) is 27.7 Å². The maximum absolute atomic E-state index is 11.9. The molecule has 0 radical (unpaired) electrons. The smallest absolute Gasteiger partial charge is 0.346 e. The first-order chi connectivity index (χ1) is 8.75. The van der Waals surface area contributed by atoms with Crippen LogP contribution in [0.1, 0.15) is 27.7 Å². The minimum atomic E-state index is -0.417. The molecule has 0 amide bonds. The van der Waals surface area contributed by atoms with Crippen LogP contribution >= 0.6 is 0 Å². The van der Waals surface area contributed by atoms with Crippen LogP contribution in [0.25, 0.3) is 0 Å². The van der Waals surface area contributed by atoms with Gasteiger partial charge in [-0.2, -0.15) is 0 Å². The average Bonchev–Trinajstić information content (AvgIpc) is 2.32. The highest BCUT2D eigenvalue weighted by Gasteiger charge is 2.18. The second-order valence-corrected chi connectivity index (χ2v) is 5.65. The van der Waals surface area contributed by atoms with E-state index in [1.54, 1.807) is 0 Å². The molecule has 1 heterocycles. The second-order valence-electron chi connectivity index (χ2n) is 5.65. The molecule has 1 rings (SSSR count). The molecular formula is C13H24N4O2. The Balaban J connectivity index is 2.96. The molecule has 0 aliphatic rings. The zero-order chi connectivity index (χ0) is 14.7. The highest BCUT2D eigenvalue weighted by atomic mass is 16.2. The van der Waals surface area contributed by atoms with Crippen molar-refractivity contribution in [2.75, 3.05) is 11.9 Å². The molecule has 0 aliphatic heterocycles. The first-order valence-electron chi connectivity index (χ1n) is 6.63. The van der Waals surface area contributed by atoms with Gasteiger partial charge in [0.15, 0.2) is 0 Å². The van der Waals surface area contributed by atoms with E-state index in [0.717, 1.165) is 4.57 Å².